The standard InChI is InChI=1S/C25H19ClF3N3O2S/c1-13-7-8-18(26)12-21(13)31-14(2)9-16(15(31)3)10-20-22(33)30-24(35)32(23(20)34)19-6-4-5-17(11-19)25(27,28)29/h4-12H,1-3H3,(H,30,33,35)/b20-10+. The molecule has 1 N–H and O–H groups in total. The molecule has 1 fully saturated rings. The summed E-state index contributed by atoms with van der Waals surface area (Å²) in [6.07, 6.45) is -3.19. The number of benzene rings is 2. The number of carbonyl (C=O) groups excluding carboxylic acids is 2. The Morgan fingerprint density at radius 2 is 1.74 bits per heavy atom. The third kappa shape index (κ3) is 4.61. The van der Waals surface area contributed by atoms with Gasteiger partial charge >= 0.3 is 6.18 Å². The lowest BCUT2D eigenvalue weighted by Gasteiger charge is -2.29. The van der Waals surface area contributed by atoms with Crippen molar-refractivity contribution < 1.29 is 22.8 Å². The van der Waals surface area contributed by atoms with Crippen LogP contribution in [0.2, 0.25) is 5.02 Å². The van der Waals surface area contributed by atoms with E-state index in [1.165, 1.54) is 18.2 Å². The van der Waals surface area contributed by atoms with Crippen molar-refractivity contribution in [1.82, 2.24) is 9.88 Å². The molecule has 10 heteroatoms. The molecule has 1 aliphatic heterocycles. The molecule has 0 spiro atoms. The van der Waals surface area contributed by atoms with Crippen molar-refractivity contribution in [2.24, 2.45) is 0 Å². The highest BCUT2D eigenvalue weighted by molar-refractivity contribution is 7.80. The van der Waals surface area contributed by atoms with Crippen LogP contribution in [-0.2, 0) is 15.8 Å². The average molecular weight is 518 g/mol. The lowest BCUT2D eigenvalue weighted by atomic mass is 10.1. The summed E-state index contributed by atoms with van der Waals surface area (Å²) in [4.78, 5) is 26.9. The van der Waals surface area contributed by atoms with Gasteiger partial charge in [0.15, 0.2) is 5.11 Å². The van der Waals surface area contributed by atoms with E-state index in [0.717, 1.165) is 39.7 Å². The maximum atomic E-state index is 13.3. The van der Waals surface area contributed by atoms with E-state index in [2.05, 4.69) is 5.32 Å². The molecule has 1 aliphatic rings. The normalized spacial score (nSPS) is 15.7. The first-order valence-corrected chi connectivity index (χ1v) is 11.2. The molecule has 0 atom stereocenters. The fraction of sp³-hybridized carbons (Fsp3) is 0.160. The lowest BCUT2D eigenvalue weighted by molar-refractivity contribution is -0.137. The van der Waals surface area contributed by atoms with Crippen LogP contribution in [0, 0.1) is 20.8 Å². The van der Waals surface area contributed by atoms with Gasteiger partial charge in [-0.3, -0.25) is 19.8 Å². The van der Waals surface area contributed by atoms with Crippen LogP contribution in [0.15, 0.2) is 54.1 Å². The Bertz CT molecular complexity index is 1430. The Morgan fingerprint density at radius 1 is 1.03 bits per heavy atom. The molecular weight excluding hydrogens is 499 g/mol. The van der Waals surface area contributed by atoms with Crippen molar-refractivity contribution in [2.45, 2.75) is 26.9 Å². The molecule has 2 heterocycles. The quantitative estimate of drug-likeness (QED) is 0.267. The lowest BCUT2D eigenvalue weighted by Crippen LogP contribution is -2.54. The van der Waals surface area contributed by atoms with Crippen molar-refractivity contribution in [2.75, 3.05) is 4.90 Å². The molecule has 4 rings (SSSR count). The number of anilines is 1. The zero-order chi connectivity index (χ0) is 25.7. The van der Waals surface area contributed by atoms with E-state index in [9.17, 15) is 22.8 Å². The second-order valence-corrected chi connectivity index (χ2v) is 8.92. The average Bonchev–Trinajstić information content (AvgIpc) is 3.05. The van der Waals surface area contributed by atoms with E-state index >= 15 is 0 Å². The highest BCUT2D eigenvalue weighted by atomic mass is 35.5. The van der Waals surface area contributed by atoms with Crippen molar-refractivity contribution >= 4 is 52.5 Å². The second-order valence-electron chi connectivity index (χ2n) is 8.10. The third-order valence-electron chi connectivity index (χ3n) is 5.72. The molecule has 3 aromatic rings. The number of thiocarbonyl (C=S) groups is 1. The van der Waals surface area contributed by atoms with Gasteiger partial charge in [0.1, 0.15) is 5.57 Å². The van der Waals surface area contributed by atoms with E-state index in [1.807, 2.05) is 43.5 Å². The fourth-order valence-electron chi connectivity index (χ4n) is 4.00. The molecule has 0 saturated carbocycles. The molecule has 2 aromatic carbocycles. The van der Waals surface area contributed by atoms with Gasteiger partial charge in [0, 0.05) is 22.1 Å². The number of aryl methyl sites for hydroxylation is 2. The van der Waals surface area contributed by atoms with Crippen LogP contribution in [0.4, 0.5) is 18.9 Å². The zero-order valence-electron chi connectivity index (χ0n) is 18.8. The highest BCUT2D eigenvalue weighted by Crippen LogP contribution is 2.33. The van der Waals surface area contributed by atoms with Gasteiger partial charge in [0.25, 0.3) is 11.8 Å². The van der Waals surface area contributed by atoms with Crippen molar-refractivity contribution in [3.63, 3.8) is 0 Å². The van der Waals surface area contributed by atoms with Gasteiger partial charge in [0.05, 0.1) is 11.3 Å². The topological polar surface area (TPSA) is 54.3 Å². The number of alkyl halides is 3. The summed E-state index contributed by atoms with van der Waals surface area (Å²) < 4.78 is 41.6. The molecule has 0 bridgehead atoms. The second kappa shape index (κ2) is 8.98. The summed E-state index contributed by atoms with van der Waals surface area (Å²) in [7, 11) is 0. The monoisotopic (exact) mass is 517 g/mol. The Labute approximate surface area is 209 Å². The predicted molar refractivity (Wildman–Crippen MR) is 133 cm³/mol. The zero-order valence-corrected chi connectivity index (χ0v) is 20.4. The summed E-state index contributed by atoms with van der Waals surface area (Å²) in [5, 5.41) is 2.67. The predicted octanol–water partition coefficient (Wildman–Crippen LogP) is 5.91. The fourth-order valence-corrected chi connectivity index (χ4v) is 4.44. The molecule has 0 unspecified atom stereocenters. The minimum absolute atomic E-state index is 0.0965. The maximum Gasteiger partial charge on any atom is 0.416 e. The van der Waals surface area contributed by atoms with Crippen LogP contribution in [-0.4, -0.2) is 21.5 Å². The Kier molecular flexibility index (Phi) is 6.33. The van der Waals surface area contributed by atoms with Gasteiger partial charge in [-0.25, -0.2) is 0 Å². The molecule has 35 heavy (non-hydrogen) atoms. The van der Waals surface area contributed by atoms with Gasteiger partial charge in [-0.1, -0.05) is 23.7 Å². The van der Waals surface area contributed by atoms with Gasteiger partial charge in [-0.05, 0) is 86.6 Å². The molecule has 0 radical (unpaired) electrons. The van der Waals surface area contributed by atoms with E-state index < -0.39 is 23.6 Å². The van der Waals surface area contributed by atoms with Crippen LogP contribution in [0.5, 0.6) is 0 Å². The van der Waals surface area contributed by atoms with Gasteiger partial charge < -0.3 is 4.57 Å². The molecule has 0 aliphatic carbocycles. The van der Waals surface area contributed by atoms with E-state index in [-0.39, 0.29) is 16.4 Å². The van der Waals surface area contributed by atoms with Gasteiger partial charge in [-0.15, -0.1) is 0 Å². The van der Waals surface area contributed by atoms with E-state index in [0.29, 0.717) is 10.6 Å². The van der Waals surface area contributed by atoms with Crippen LogP contribution >= 0.6 is 23.8 Å². The highest BCUT2D eigenvalue weighted by Gasteiger charge is 2.37. The van der Waals surface area contributed by atoms with Crippen LogP contribution in [0.3, 0.4) is 0 Å². The van der Waals surface area contributed by atoms with Crippen LogP contribution in [0.25, 0.3) is 11.8 Å². The van der Waals surface area contributed by atoms with E-state index in [1.54, 1.807) is 6.07 Å². The van der Waals surface area contributed by atoms with Gasteiger partial charge in [-0.2, -0.15) is 13.2 Å². The number of rotatable bonds is 3. The Balaban J connectivity index is 1.78. The van der Waals surface area contributed by atoms with Crippen molar-refractivity contribution in [1.29, 1.82) is 0 Å². The first-order valence-electron chi connectivity index (χ1n) is 10.4. The summed E-state index contributed by atoms with van der Waals surface area (Å²) in [5.41, 5.74) is 2.73. The number of aromatic nitrogens is 1. The molecule has 180 valence electrons. The number of halogens is 4. The SMILES string of the molecule is Cc1ccc(Cl)cc1-n1c(C)cc(/C=C2\C(=O)NC(=S)N(c3cccc(C(F)(F)F)c3)C2=O)c1C. The number of amides is 2. The summed E-state index contributed by atoms with van der Waals surface area (Å²) in [6, 6.07) is 11.5. The smallest absolute Gasteiger partial charge is 0.318 e. The van der Waals surface area contributed by atoms with Crippen molar-refractivity contribution in [3.05, 3.63) is 87.2 Å². The van der Waals surface area contributed by atoms with E-state index in [4.69, 9.17) is 23.8 Å². The summed E-state index contributed by atoms with van der Waals surface area (Å²) >= 11 is 11.3. The summed E-state index contributed by atoms with van der Waals surface area (Å²) in [5.74, 6) is -1.55. The molecule has 1 saturated heterocycles. The first kappa shape index (κ1) is 24.7. The number of hydrogen-bond acceptors (Lipinski definition) is 3. The Morgan fingerprint density at radius 3 is 2.43 bits per heavy atom. The van der Waals surface area contributed by atoms with Crippen molar-refractivity contribution in [3.8, 4) is 5.69 Å². The van der Waals surface area contributed by atoms with Crippen LogP contribution < -0.4 is 10.2 Å². The minimum Gasteiger partial charge on any atom is -0.318 e. The molecule has 1 aromatic heterocycles. The summed E-state index contributed by atoms with van der Waals surface area (Å²) in [6.45, 7) is 5.65. The minimum atomic E-state index is -4.60. The number of nitrogens with zero attached hydrogens (tertiary/aromatic N) is 2. The number of hydrogen-bond donors (Lipinski definition) is 1. The Hall–Kier alpha value is -3.43. The number of carbonyl (C=O) groups is 2. The van der Waals surface area contributed by atoms with Gasteiger partial charge in [0.2, 0.25) is 0 Å². The molecule has 5 nitrogen and oxygen atoms in total. The third-order valence-corrected chi connectivity index (χ3v) is 6.24. The number of nitrogens with one attached hydrogen (secondary N) is 1. The van der Waals surface area contributed by atoms with Crippen LogP contribution in [0.1, 0.15) is 28.1 Å². The maximum absolute atomic E-state index is 13.3. The molecular formula is C25H19ClF3N3O2S. The first-order chi connectivity index (χ1) is 16.4. The molecule has 2 amide bonds. The largest absolute Gasteiger partial charge is 0.416 e.